The lowest BCUT2D eigenvalue weighted by molar-refractivity contribution is -0.127. The van der Waals surface area contributed by atoms with E-state index in [-0.39, 0.29) is 11.4 Å². The molecule has 35 heavy (non-hydrogen) atoms. The molecule has 1 N–H and O–H groups in total. The number of hydrogen-bond donors (Lipinski definition) is 1. The highest BCUT2D eigenvalue weighted by molar-refractivity contribution is 9.10. The fourth-order valence-electron chi connectivity index (χ4n) is 3.33. The molecule has 3 amide bonds. The van der Waals surface area contributed by atoms with Crippen molar-refractivity contribution in [3.05, 3.63) is 97.8 Å². The first kappa shape index (κ1) is 25.0. The fourth-order valence-corrected chi connectivity index (χ4v) is 4.60. The molecule has 3 aromatic carbocycles. The third kappa shape index (κ3) is 6.54. The van der Waals surface area contributed by atoms with Crippen molar-refractivity contribution >= 4 is 68.1 Å². The number of amides is 3. The summed E-state index contributed by atoms with van der Waals surface area (Å²) in [5.41, 5.74) is 3.46. The van der Waals surface area contributed by atoms with Gasteiger partial charge in [0.1, 0.15) is 18.9 Å². The Labute approximate surface area is 220 Å². The topological polar surface area (TPSA) is 75.7 Å². The van der Waals surface area contributed by atoms with Gasteiger partial charge in [-0.3, -0.25) is 19.3 Å². The van der Waals surface area contributed by atoms with Crippen LogP contribution in [0.3, 0.4) is 0 Å². The minimum Gasteiger partial charge on any atom is -0.489 e. The number of hydrogen-bond acceptors (Lipinski definition) is 5. The van der Waals surface area contributed by atoms with Crippen LogP contribution in [0.4, 0.5) is 10.5 Å². The molecule has 0 atom stereocenters. The predicted molar refractivity (Wildman–Crippen MR) is 142 cm³/mol. The van der Waals surface area contributed by atoms with Gasteiger partial charge in [0.15, 0.2) is 0 Å². The van der Waals surface area contributed by atoms with Crippen LogP contribution < -0.4 is 10.1 Å². The number of carbonyl (C=O) groups excluding carboxylic acids is 3. The monoisotopic (exact) mass is 570 g/mol. The number of anilines is 1. The summed E-state index contributed by atoms with van der Waals surface area (Å²) in [6, 6.07) is 20.3. The summed E-state index contributed by atoms with van der Waals surface area (Å²) in [7, 11) is 0. The van der Waals surface area contributed by atoms with E-state index in [0.717, 1.165) is 27.8 Å². The molecule has 4 rings (SSSR count). The predicted octanol–water partition coefficient (Wildman–Crippen LogP) is 6.66. The summed E-state index contributed by atoms with van der Waals surface area (Å²) in [5, 5.41) is 2.58. The van der Waals surface area contributed by atoms with Gasteiger partial charge < -0.3 is 10.1 Å². The summed E-state index contributed by atoms with van der Waals surface area (Å²) < 4.78 is 6.52. The van der Waals surface area contributed by atoms with Gasteiger partial charge in [-0.1, -0.05) is 53.6 Å². The zero-order valence-corrected chi connectivity index (χ0v) is 21.7. The Balaban J connectivity index is 1.36. The number of nitrogens with one attached hydrogen (secondary N) is 1. The van der Waals surface area contributed by atoms with Crippen molar-refractivity contribution in [2.75, 3.05) is 11.9 Å². The lowest BCUT2D eigenvalue weighted by Gasteiger charge is -2.12. The van der Waals surface area contributed by atoms with E-state index in [2.05, 4.69) is 27.3 Å². The van der Waals surface area contributed by atoms with E-state index in [1.54, 1.807) is 24.3 Å². The zero-order valence-electron chi connectivity index (χ0n) is 18.6. The molecule has 3 aromatic rings. The van der Waals surface area contributed by atoms with Gasteiger partial charge in [-0.2, -0.15) is 0 Å². The number of ether oxygens (including phenoxy) is 1. The van der Waals surface area contributed by atoms with Gasteiger partial charge >= 0.3 is 0 Å². The molecule has 9 heteroatoms. The minimum absolute atomic E-state index is 0.253. The van der Waals surface area contributed by atoms with Crippen molar-refractivity contribution in [1.29, 1.82) is 0 Å². The van der Waals surface area contributed by atoms with Gasteiger partial charge in [-0.15, -0.1) is 0 Å². The maximum Gasteiger partial charge on any atom is 0.294 e. The highest BCUT2D eigenvalue weighted by Gasteiger charge is 2.36. The van der Waals surface area contributed by atoms with E-state index in [0.29, 0.717) is 27.5 Å². The number of carbonyl (C=O) groups is 3. The third-order valence-electron chi connectivity index (χ3n) is 5.04. The lowest BCUT2D eigenvalue weighted by Crippen LogP contribution is -2.36. The van der Waals surface area contributed by atoms with Gasteiger partial charge in [0.05, 0.1) is 9.93 Å². The van der Waals surface area contributed by atoms with Crippen molar-refractivity contribution in [2.45, 2.75) is 13.5 Å². The maximum atomic E-state index is 12.7. The number of aryl methyl sites for hydroxylation is 1. The van der Waals surface area contributed by atoms with Crippen molar-refractivity contribution in [1.82, 2.24) is 4.90 Å². The van der Waals surface area contributed by atoms with Crippen LogP contribution in [0.2, 0.25) is 5.02 Å². The molecule has 0 saturated carbocycles. The maximum absolute atomic E-state index is 12.7. The van der Waals surface area contributed by atoms with Crippen LogP contribution in [-0.2, 0) is 16.2 Å². The van der Waals surface area contributed by atoms with Crippen LogP contribution in [-0.4, -0.2) is 28.5 Å². The van der Waals surface area contributed by atoms with Crippen LogP contribution >= 0.6 is 39.3 Å². The van der Waals surface area contributed by atoms with E-state index < -0.39 is 17.1 Å². The van der Waals surface area contributed by atoms with Crippen LogP contribution in [0.1, 0.15) is 16.7 Å². The lowest BCUT2D eigenvalue weighted by atomic mass is 10.1. The van der Waals surface area contributed by atoms with Crippen LogP contribution in [0.15, 0.2) is 76.1 Å². The van der Waals surface area contributed by atoms with Gasteiger partial charge in [-0.25, -0.2) is 0 Å². The zero-order chi connectivity index (χ0) is 24.9. The summed E-state index contributed by atoms with van der Waals surface area (Å²) in [4.78, 5) is 38.7. The van der Waals surface area contributed by atoms with Crippen molar-refractivity contribution < 1.29 is 19.1 Å². The quantitative estimate of drug-likeness (QED) is 0.321. The normalized spacial score (nSPS) is 14.5. The van der Waals surface area contributed by atoms with Crippen molar-refractivity contribution in [3.8, 4) is 5.75 Å². The molecule has 178 valence electrons. The number of halogens is 2. The summed E-state index contributed by atoms with van der Waals surface area (Å²) >= 11 is 10.1. The summed E-state index contributed by atoms with van der Waals surface area (Å²) in [5.74, 6) is -0.313. The largest absolute Gasteiger partial charge is 0.489 e. The van der Waals surface area contributed by atoms with Gasteiger partial charge in [0.2, 0.25) is 5.91 Å². The first-order valence-corrected chi connectivity index (χ1v) is 12.6. The Morgan fingerprint density at radius 1 is 1.11 bits per heavy atom. The van der Waals surface area contributed by atoms with E-state index in [1.165, 1.54) is 5.56 Å². The van der Waals surface area contributed by atoms with Crippen LogP contribution in [0.5, 0.6) is 5.75 Å². The minimum atomic E-state index is -0.510. The van der Waals surface area contributed by atoms with Gasteiger partial charge in [-0.05, 0) is 82.2 Å². The Morgan fingerprint density at radius 2 is 1.89 bits per heavy atom. The molecule has 1 aliphatic heterocycles. The smallest absolute Gasteiger partial charge is 0.294 e. The van der Waals surface area contributed by atoms with Crippen molar-refractivity contribution in [3.63, 3.8) is 0 Å². The summed E-state index contributed by atoms with van der Waals surface area (Å²) in [6.07, 6.45) is 1.63. The van der Waals surface area contributed by atoms with Gasteiger partial charge in [0.25, 0.3) is 11.1 Å². The number of benzene rings is 3. The molecule has 0 unspecified atom stereocenters. The van der Waals surface area contributed by atoms with Crippen LogP contribution in [0, 0.1) is 6.92 Å². The first-order valence-electron chi connectivity index (χ1n) is 10.6. The molecule has 1 heterocycles. The first-order chi connectivity index (χ1) is 16.8. The second-order valence-electron chi connectivity index (χ2n) is 7.79. The molecular formula is C26H20BrClN2O4S. The highest BCUT2D eigenvalue weighted by atomic mass is 79.9. The Morgan fingerprint density at radius 3 is 2.60 bits per heavy atom. The molecule has 0 aliphatic carbocycles. The highest BCUT2D eigenvalue weighted by Crippen LogP contribution is 2.32. The molecule has 0 aromatic heterocycles. The van der Waals surface area contributed by atoms with Crippen molar-refractivity contribution in [2.24, 2.45) is 0 Å². The number of nitrogens with zero attached hydrogens (tertiary/aromatic N) is 1. The van der Waals surface area contributed by atoms with Crippen LogP contribution in [0.25, 0.3) is 6.08 Å². The third-order valence-corrected chi connectivity index (χ3v) is 7.18. The number of rotatable bonds is 7. The summed E-state index contributed by atoms with van der Waals surface area (Å²) in [6.45, 7) is 2.10. The molecule has 6 nitrogen and oxygen atoms in total. The molecular weight excluding hydrogens is 552 g/mol. The Hall–Kier alpha value is -3.07. The fraction of sp³-hybridized carbons (Fsp3) is 0.115. The standard InChI is InChI=1S/C26H20BrClN2O4S/c1-16-3-2-4-18(11-16)15-34-20-8-5-17(6-9-20)12-23-25(32)30(26(33)35-23)14-24(31)29-19-7-10-21(27)22(28)13-19/h2-13H,14-15H2,1H3,(H,29,31)/b23-12+. The SMILES string of the molecule is Cc1cccc(COc2ccc(/C=C3/SC(=O)N(CC(=O)Nc4ccc(Br)c(Cl)c4)C3=O)cc2)c1. The number of thioether (sulfide) groups is 1. The van der Waals surface area contributed by atoms with E-state index in [1.807, 2.05) is 49.4 Å². The van der Waals surface area contributed by atoms with Gasteiger partial charge in [0, 0.05) is 10.2 Å². The Bertz CT molecular complexity index is 1330. The Kier molecular flexibility index (Phi) is 7.95. The van der Waals surface area contributed by atoms with E-state index in [9.17, 15) is 14.4 Å². The molecule has 0 radical (unpaired) electrons. The van der Waals surface area contributed by atoms with E-state index >= 15 is 0 Å². The average Bonchev–Trinajstić information content (AvgIpc) is 3.08. The number of imide groups is 1. The van der Waals surface area contributed by atoms with E-state index in [4.69, 9.17) is 16.3 Å². The molecule has 0 bridgehead atoms. The molecule has 1 saturated heterocycles. The second kappa shape index (κ2) is 11.1. The molecule has 0 spiro atoms. The molecule has 1 aliphatic rings. The molecule has 1 fully saturated rings. The average molecular weight is 572 g/mol. The second-order valence-corrected chi connectivity index (χ2v) is 10.0.